The molecule has 4 aromatic rings. The minimum Gasteiger partial charge on any atom is -0.493 e. The number of allylic oxidation sites excluding steroid dienone is 1. The Bertz CT molecular complexity index is 1400. The summed E-state index contributed by atoms with van der Waals surface area (Å²) in [6.07, 6.45) is 0.390. The van der Waals surface area contributed by atoms with Crippen LogP contribution < -0.4 is 14.8 Å². The average Bonchev–Trinajstić information content (AvgIpc) is 3.48. The number of imidazole rings is 1. The summed E-state index contributed by atoms with van der Waals surface area (Å²) in [4.78, 5) is 21.5. The molecule has 3 aromatic heterocycles. The zero-order chi connectivity index (χ0) is 24.5. The number of nitrogens with zero attached hydrogens (tertiary/aromatic N) is 3. The van der Waals surface area contributed by atoms with Gasteiger partial charge in [0.2, 0.25) is 0 Å². The fraction of sp³-hybridized carbons (Fsp3) is 0.136. The average molecular weight is 507 g/mol. The number of methoxy groups -OCH3 is 1. The molecule has 1 aromatic carbocycles. The summed E-state index contributed by atoms with van der Waals surface area (Å²) in [6.45, 7) is 5.46. The van der Waals surface area contributed by atoms with Gasteiger partial charge in [-0.25, -0.2) is 9.97 Å². The van der Waals surface area contributed by atoms with Gasteiger partial charge >= 0.3 is 6.18 Å². The molecule has 1 N–H and O–H groups in total. The Hall–Kier alpha value is -3.64. The van der Waals surface area contributed by atoms with Crippen molar-refractivity contribution in [3.63, 3.8) is 0 Å². The number of amides is 1. The molecule has 34 heavy (non-hydrogen) atoms. The third-order valence-electron chi connectivity index (χ3n) is 4.45. The number of benzene rings is 1. The smallest absolute Gasteiger partial charge is 0.434 e. The number of fused-ring (bicyclic) bond motifs is 1. The maximum absolute atomic E-state index is 13.0. The van der Waals surface area contributed by atoms with Gasteiger partial charge < -0.3 is 9.47 Å². The van der Waals surface area contributed by atoms with Gasteiger partial charge in [0.1, 0.15) is 5.69 Å². The van der Waals surface area contributed by atoms with Crippen LogP contribution in [0.4, 0.5) is 18.3 Å². The van der Waals surface area contributed by atoms with Crippen LogP contribution in [0.3, 0.4) is 0 Å². The zero-order valence-corrected chi connectivity index (χ0v) is 19.5. The third kappa shape index (κ3) is 4.82. The van der Waals surface area contributed by atoms with E-state index in [1.54, 1.807) is 53.3 Å². The van der Waals surface area contributed by atoms with Crippen molar-refractivity contribution in [3.8, 4) is 11.5 Å². The summed E-state index contributed by atoms with van der Waals surface area (Å²) in [6, 6.07) is 5.32. The van der Waals surface area contributed by atoms with Crippen LogP contribution in [0.1, 0.15) is 34.4 Å². The number of para-hydroxylation sites is 1. The van der Waals surface area contributed by atoms with Crippen molar-refractivity contribution < 1.29 is 27.4 Å². The number of ether oxygens (including phenoxy) is 2. The monoisotopic (exact) mass is 506 g/mol. The highest BCUT2D eigenvalue weighted by molar-refractivity contribution is 7.15. The number of rotatable bonds is 7. The van der Waals surface area contributed by atoms with E-state index >= 15 is 0 Å². The SMILES string of the molecule is C=C(C)Oc1c(C=Cc2nc3sccn3c2C(=O)Nc2nc(C(F)(F)F)cs2)cccc1OC. The largest absolute Gasteiger partial charge is 0.493 e. The molecule has 0 fully saturated rings. The lowest BCUT2D eigenvalue weighted by Gasteiger charge is -2.12. The Balaban J connectivity index is 1.69. The number of hydrogen-bond acceptors (Lipinski definition) is 7. The Labute approximate surface area is 199 Å². The summed E-state index contributed by atoms with van der Waals surface area (Å²) in [5.41, 5.74) is 0.0623. The van der Waals surface area contributed by atoms with E-state index in [4.69, 9.17) is 9.47 Å². The number of thiazole rings is 2. The first-order valence-corrected chi connectivity index (χ1v) is 11.4. The maximum atomic E-state index is 13.0. The van der Waals surface area contributed by atoms with Gasteiger partial charge in [0, 0.05) is 22.5 Å². The second-order valence-electron chi connectivity index (χ2n) is 6.91. The number of hydrogen-bond donors (Lipinski definition) is 1. The lowest BCUT2D eigenvalue weighted by molar-refractivity contribution is -0.140. The predicted octanol–water partition coefficient (Wildman–Crippen LogP) is 6.21. The number of halogens is 3. The van der Waals surface area contributed by atoms with E-state index in [1.165, 1.54) is 18.4 Å². The zero-order valence-electron chi connectivity index (χ0n) is 17.8. The molecule has 3 heterocycles. The van der Waals surface area contributed by atoms with Crippen molar-refractivity contribution in [2.75, 3.05) is 12.4 Å². The van der Waals surface area contributed by atoms with E-state index in [1.807, 2.05) is 0 Å². The highest BCUT2D eigenvalue weighted by atomic mass is 32.1. The van der Waals surface area contributed by atoms with Crippen molar-refractivity contribution in [1.82, 2.24) is 14.4 Å². The summed E-state index contributed by atoms with van der Waals surface area (Å²) >= 11 is 2.00. The van der Waals surface area contributed by atoms with Crippen LogP contribution in [-0.2, 0) is 6.18 Å². The second-order valence-corrected chi connectivity index (χ2v) is 8.64. The molecule has 0 unspecified atom stereocenters. The molecule has 0 bridgehead atoms. The van der Waals surface area contributed by atoms with Crippen LogP contribution in [0.5, 0.6) is 11.5 Å². The minimum atomic E-state index is -4.59. The highest BCUT2D eigenvalue weighted by Crippen LogP contribution is 2.34. The molecule has 0 spiro atoms. The van der Waals surface area contributed by atoms with Crippen LogP contribution in [0.2, 0.25) is 0 Å². The van der Waals surface area contributed by atoms with Crippen LogP contribution in [0.25, 0.3) is 17.1 Å². The van der Waals surface area contributed by atoms with Crippen LogP contribution in [-0.4, -0.2) is 27.4 Å². The molecule has 0 aliphatic rings. The molecule has 1 amide bonds. The first-order valence-electron chi connectivity index (χ1n) is 9.65. The van der Waals surface area contributed by atoms with Crippen molar-refractivity contribution >= 4 is 50.8 Å². The topological polar surface area (TPSA) is 77.8 Å². The number of carbonyl (C=O) groups is 1. The highest BCUT2D eigenvalue weighted by Gasteiger charge is 2.34. The second kappa shape index (κ2) is 9.31. The van der Waals surface area contributed by atoms with Crippen molar-refractivity contribution in [2.24, 2.45) is 0 Å². The van der Waals surface area contributed by atoms with E-state index in [2.05, 4.69) is 21.9 Å². The molecule has 0 saturated heterocycles. The fourth-order valence-electron chi connectivity index (χ4n) is 3.04. The predicted molar refractivity (Wildman–Crippen MR) is 126 cm³/mol. The number of alkyl halides is 3. The van der Waals surface area contributed by atoms with Gasteiger partial charge in [-0.05, 0) is 25.1 Å². The Morgan fingerprint density at radius 2 is 2.03 bits per heavy atom. The van der Waals surface area contributed by atoms with Gasteiger partial charge in [0.15, 0.2) is 27.3 Å². The third-order valence-corrected chi connectivity index (χ3v) is 5.96. The van der Waals surface area contributed by atoms with Gasteiger partial charge in [-0.3, -0.25) is 14.5 Å². The summed E-state index contributed by atoms with van der Waals surface area (Å²) < 4.78 is 51.2. The van der Waals surface area contributed by atoms with Gasteiger partial charge in [-0.15, -0.1) is 22.7 Å². The lowest BCUT2D eigenvalue weighted by atomic mass is 10.1. The molecule has 0 aliphatic heterocycles. The van der Waals surface area contributed by atoms with Crippen molar-refractivity contribution in [1.29, 1.82) is 0 Å². The standard InChI is InChI=1S/C22H17F3N4O3S2/c1-12(2)32-18-13(5-4-6-15(18)31-3)7-8-14-17(29-9-10-33-21(29)26-14)19(30)28-20-27-16(11-34-20)22(23,24)25/h4-11H,1H2,2-3H3,(H,27,28,30). The molecule has 0 atom stereocenters. The van der Waals surface area contributed by atoms with Gasteiger partial charge in [0.05, 0.1) is 18.6 Å². The fourth-order valence-corrected chi connectivity index (χ4v) is 4.47. The number of nitrogens with one attached hydrogen (secondary N) is 1. The maximum Gasteiger partial charge on any atom is 0.434 e. The molecular weight excluding hydrogens is 489 g/mol. The van der Waals surface area contributed by atoms with E-state index in [0.717, 1.165) is 5.38 Å². The van der Waals surface area contributed by atoms with E-state index < -0.39 is 17.8 Å². The number of aromatic nitrogens is 3. The van der Waals surface area contributed by atoms with Crippen LogP contribution >= 0.6 is 22.7 Å². The molecule has 0 radical (unpaired) electrons. The Morgan fingerprint density at radius 3 is 2.71 bits per heavy atom. The Kier molecular flexibility index (Phi) is 6.44. The van der Waals surface area contributed by atoms with E-state index in [9.17, 15) is 18.0 Å². The first-order chi connectivity index (χ1) is 16.2. The van der Waals surface area contributed by atoms with Gasteiger partial charge in [-0.2, -0.15) is 13.2 Å². The van der Waals surface area contributed by atoms with Crippen molar-refractivity contribution in [2.45, 2.75) is 13.1 Å². The normalized spacial score (nSPS) is 11.8. The van der Waals surface area contributed by atoms with Gasteiger partial charge in [0.25, 0.3) is 5.91 Å². The van der Waals surface area contributed by atoms with E-state index in [0.29, 0.717) is 44.8 Å². The summed E-state index contributed by atoms with van der Waals surface area (Å²) in [7, 11) is 1.52. The molecule has 7 nitrogen and oxygen atoms in total. The van der Waals surface area contributed by atoms with Crippen LogP contribution in [0.15, 0.2) is 47.5 Å². The number of anilines is 1. The molecule has 12 heteroatoms. The molecule has 176 valence electrons. The molecule has 0 saturated carbocycles. The van der Waals surface area contributed by atoms with Gasteiger partial charge in [-0.1, -0.05) is 18.7 Å². The quantitative estimate of drug-likeness (QED) is 0.301. The lowest BCUT2D eigenvalue weighted by Crippen LogP contribution is -2.15. The number of carbonyl (C=O) groups excluding carboxylic acids is 1. The first kappa shape index (κ1) is 23.5. The molecule has 4 rings (SSSR count). The van der Waals surface area contributed by atoms with E-state index in [-0.39, 0.29) is 10.8 Å². The summed E-state index contributed by atoms with van der Waals surface area (Å²) in [5.74, 6) is 0.766. The van der Waals surface area contributed by atoms with Crippen molar-refractivity contribution in [3.05, 3.63) is 70.1 Å². The van der Waals surface area contributed by atoms with Crippen LogP contribution in [0, 0.1) is 0 Å². The minimum absolute atomic E-state index is 0.154. The molecular formula is C22H17F3N4O3S2. The molecule has 0 aliphatic carbocycles. The summed E-state index contributed by atoms with van der Waals surface area (Å²) in [5, 5.41) is 4.87. The Morgan fingerprint density at radius 1 is 1.24 bits per heavy atom.